The number of aryl methyl sites for hydroxylation is 1. The minimum Gasteiger partial charge on any atom is -0.497 e. The van der Waals surface area contributed by atoms with Gasteiger partial charge in [-0.3, -0.25) is 9.48 Å². The number of piperidine rings is 1. The number of anilines is 1. The van der Waals surface area contributed by atoms with Crippen molar-refractivity contribution < 1.29 is 9.53 Å². The highest BCUT2D eigenvalue weighted by atomic mass is 35.5. The number of benzene rings is 1. The van der Waals surface area contributed by atoms with Gasteiger partial charge < -0.3 is 15.4 Å². The van der Waals surface area contributed by atoms with Gasteiger partial charge in [0.25, 0.3) is 5.91 Å². The zero-order valence-electron chi connectivity index (χ0n) is 13.9. The number of hydrogen-bond acceptors (Lipinski definition) is 4. The molecular weight excluding hydrogens is 328 g/mol. The van der Waals surface area contributed by atoms with Crippen LogP contribution in [0.1, 0.15) is 18.4 Å². The first-order valence-corrected chi connectivity index (χ1v) is 7.83. The van der Waals surface area contributed by atoms with Crippen molar-refractivity contribution in [3.05, 3.63) is 42.2 Å². The van der Waals surface area contributed by atoms with E-state index < -0.39 is 5.54 Å². The predicted octanol–water partition coefficient (Wildman–Crippen LogP) is 2.34. The van der Waals surface area contributed by atoms with Crippen LogP contribution in [0, 0.1) is 6.92 Å². The second-order valence-electron chi connectivity index (χ2n) is 5.87. The maximum absolute atomic E-state index is 13.1. The van der Waals surface area contributed by atoms with Gasteiger partial charge in [-0.2, -0.15) is 5.10 Å². The van der Waals surface area contributed by atoms with E-state index in [0.29, 0.717) is 0 Å². The topological polar surface area (TPSA) is 68.2 Å². The number of amides is 1. The Morgan fingerprint density at radius 1 is 1.38 bits per heavy atom. The summed E-state index contributed by atoms with van der Waals surface area (Å²) in [4.78, 5) is 13.1. The first-order valence-electron chi connectivity index (χ1n) is 7.83. The van der Waals surface area contributed by atoms with Crippen molar-refractivity contribution in [1.29, 1.82) is 0 Å². The number of aromatic nitrogens is 2. The molecule has 1 saturated heterocycles. The van der Waals surface area contributed by atoms with E-state index in [1.165, 1.54) is 0 Å². The molecule has 0 unspecified atom stereocenters. The van der Waals surface area contributed by atoms with Gasteiger partial charge in [-0.25, -0.2) is 0 Å². The smallest absolute Gasteiger partial charge is 0.252 e. The highest BCUT2D eigenvalue weighted by molar-refractivity contribution is 5.97. The molecule has 0 bridgehead atoms. The molecule has 0 spiro atoms. The average Bonchev–Trinajstić information content (AvgIpc) is 3.12. The number of ether oxygens (including phenoxy) is 1. The molecule has 1 aromatic carbocycles. The summed E-state index contributed by atoms with van der Waals surface area (Å²) in [6.45, 7) is 3.56. The van der Waals surface area contributed by atoms with Crippen LogP contribution in [-0.2, 0) is 10.3 Å². The molecule has 1 aliphatic rings. The van der Waals surface area contributed by atoms with Crippen LogP contribution in [0.15, 0.2) is 36.7 Å². The lowest BCUT2D eigenvalue weighted by atomic mass is 9.87. The molecule has 0 atom stereocenters. The van der Waals surface area contributed by atoms with E-state index in [4.69, 9.17) is 4.74 Å². The SMILES string of the molecule is COc1ccc(NC(=O)C2(n3cccn3)CCNCC2)c(C)c1.Cl. The van der Waals surface area contributed by atoms with E-state index in [1.807, 2.05) is 37.4 Å². The lowest BCUT2D eigenvalue weighted by Gasteiger charge is -2.36. The highest BCUT2D eigenvalue weighted by Gasteiger charge is 2.42. The van der Waals surface area contributed by atoms with Crippen LogP contribution in [0.3, 0.4) is 0 Å². The van der Waals surface area contributed by atoms with Crippen LogP contribution in [0.2, 0.25) is 0 Å². The summed E-state index contributed by atoms with van der Waals surface area (Å²) in [5.41, 5.74) is 1.14. The molecule has 0 saturated carbocycles. The van der Waals surface area contributed by atoms with Crippen molar-refractivity contribution >= 4 is 24.0 Å². The summed E-state index contributed by atoms with van der Waals surface area (Å²) in [6.07, 6.45) is 5.02. The molecule has 0 radical (unpaired) electrons. The van der Waals surface area contributed by atoms with E-state index >= 15 is 0 Å². The lowest BCUT2D eigenvalue weighted by molar-refractivity contribution is -0.126. The summed E-state index contributed by atoms with van der Waals surface area (Å²) >= 11 is 0. The molecule has 1 aliphatic heterocycles. The molecule has 3 rings (SSSR count). The minimum absolute atomic E-state index is 0. The van der Waals surface area contributed by atoms with Crippen LogP contribution in [0.25, 0.3) is 0 Å². The number of halogens is 1. The number of methoxy groups -OCH3 is 1. The predicted molar refractivity (Wildman–Crippen MR) is 95.9 cm³/mol. The van der Waals surface area contributed by atoms with Crippen molar-refractivity contribution in [3.8, 4) is 5.75 Å². The number of nitrogens with zero attached hydrogens (tertiary/aromatic N) is 2. The zero-order valence-corrected chi connectivity index (χ0v) is 14.7. The second-order valence-corrected chi connectivity index (χ2v) is 5.87. The molecule has 130 valence electrons. The van der Waals surface area contributed by atoms with Gasteiger partial charge in [0.1, 0.15) is 11.3 Å². The Bertz CT molecular complexity index is 682. The molecule has 6 nitrogen and oxygen atoms in total. The summed E-state index contributed by atoms with van der Waals surface area (Å²) in [5.74, 6) is 0.764. The van der Waals surface area contributed by atoms with E-state index in [1.54, 1.807) is 18.0 Å². The molecule has 24 heavy (non-hydrogen) atoms. The van der Waals surface area contributed by atoms with Crippen molar-refractivity contribution in [2.45, 2.75) is 25.3 Å². The fourth-order valence-corrected chi connectivity index (χ4v) is 3.06. The molecule has 2 aromatic rings. The second kappa shape index (κ2) is 7.68. The van der Waals surface area contributed by atoms with Crippen molar-refractivity contribution in [2.75, 3.05) is 25.5 Å². The third-order valence-corrected chi connectivity index (χ3v) is 4.48. The maximum atomic E-state index is 13.1. The van der Waals surface area contributed by atoms with E-state index in [-0.39, 0.29) is 18.3 Å². The molecule has 0 aliphatic carbocycles. The van der Waals surface area contributed by atoms with E-state index in [2.05, 4.69) is 15.7 Å². The molecular formula is C17H23ClN4O2. The summed E-state index contributed by atoms with van der Waals surface area (Å²) in [6, 6.07) is 7.50. The van der Waals surface area contributed by atoms with Gasteiger partial charge in [0.15, 0.2) is 0 Å². The minimum atomic E-state index is -0.638. The number of carbonyl (C=O) groups excluding carboxylic acids is 1. The van der Waals surface area contributed by atoms with Gasteiger partial charge in [-0.15, -0.1) is 12.4 Å². The van der Waals surface area contributed by atoms with Gasteiger partial charge in [0, 0.05) is 18.1 Å². The summed E-state index contributed by atoms with van der Waals surface area (Å²) in [5, 5.41) is 10.7. The van der Waals surface area contributed by atoms with E-state index in [0.717, 1.165) is 42.9 Å². The summed E-state index contributed by atoms with van der Waals surface area (Å²) < 4.78 is 7.01. The fraction of sp³-hybridized carbons (Fsp3) is 0.412. The number of nitrogens with one attached hydrogen (secondary N) is 2. The van der Waals surface area contributed by atoms with Gasteiger partial charge in [-0.1, -0.05) is 0 Å². The van der Waals surface area contributed by atoms with Crippen LogP contribution in [-0.4, -0.2) is 35.9 Å². The lowest BCUT2D eigenvalue weighted by Crippen LogP contribution is -2.52. The molecule has 1 aromatic heterocycles. The normalized spacial score (nSPS) is 16.1. The molecule has 1 fully saturated rings. The standard InChI is InChI=1S/C17H22N4O2.ClH/c1-13-12-14(23-2)4-5-15(13)20-16(22)17(6-9-18-10-7-17)21-11-3-8-19-21;/h3-5,8,11-12,18H,6-7,9-10H2,1-2H3,(H,20,22);1H. The Balaban J connectivity index is 0.00000208. The van der Waals surface area contributed by atoms with Gasteiger partial charge in [0.2, 0.25) is 0 Å². The Labute approximate surface area is 148 Å². The Morgan fingerprint density at radius 2 is 2.12 bits per heavy atom. The van der Waals surface area contributed by atoms with Crippen molar-refractivity contribution in [2.24, 2.45) is 0 Å². The monoisotopic (exact) mass is 350 g/mol. The Hall–Kier alpha value is -2.05. The Morgan fingerprint density at radius 3 is 2.71 bits per heavy atom. The largest absolute Gasteiger partial charge is 0.497 e. The van der Waals surface area contributed by atoms with Crippen LogP contribution >= 0.6 is 12.4 Å². The third kappa shape index (κ3) is 3.39. The van der Waals surface area contributed by atoms with Crippen molar-refractivity contribution in [3.63, 3.8) is 0 Å². The summed E-state index contributed by atoms with van der Waals surface area (Å²) in [7, 11) is 1.63. The average molecular weight is 351 g/mol. The third-order valence-electron chi connectivity index (χ3n) is 4.48. The molecule has 2 N–H and O–H groups in total. The Kier molecular flexibility index (Phi) is 5.85. The quantitative estimate of drug-likeness (QED) is 0.888. The zero-order chi connectivity index (χ0) is 16.3. The van der Waals surface area contributed by atoms with Gasteiger partial charge >= 0.3 is 0 Å². The number of hydrogen-bond donors (Lipinski definition) is 2. The van der Waals surface area contributed by atoms with Gasteiger partial charge in [0.05, 0.1) is 7.11 Å². The highest BCUT2D eigenvalue weighted by Crippen LogP contribution is 2.30. The van der Waals surface area contributed by atoms with Crippen molar-refractivity contribution in [1.82, 2.24) is 15.1 Å². The van der Waals surface area contributed by atoms with E-state index in [9.17, 15) is 4.79 Å². The van der Waals surface area contributed by atoms with Gasteiger partial charge in [-0.05, 0) is 62.7 Å². The fourth-order valence-electron chi connectivity index (χ4n) is 3.06. The maximum Gasteiger partial charge on any atom is 0.252 e. The van der Waals surface area contributed by atoms with Crippen LogP contribution < -0.4 is 15.4 Å². The number of carbonyl (C=O) groups is 1. The number of rotatable bonds is 4. The van der Waals surface area contributed by atoms with Crippen LogP contribution in [0.4, 0.5) is 5.69 Å². The first-order chi connectivity index (χ1) is 11.2. The first kappa shape index (κ1) is 18.3. The molecule has 2 heterocycles. The molecule has 7 heteroatoms. The molecule has 1 amide bonds. The van der Waals surface area contributed by atoms with Crippen LogP contribution in [0.5, 0.6) is 5.75 Å².